The minimum absolute atomic E-state index is 0.144. The zero-order valence-electron chi connectivity index (χ0n) is 9.91. The fraction of sp³-hybridized carbons (Fsp3) is 0.273. The number of pyridine rings is 1. The van der Waals surface area contributed by atoms with Gasteiger partial charge in [0.2, 0.25) is 0 Å². The number of ether oxygens (including phenoxy) is 1. The molecule has 0 amide bonds. The molecule has 0 saturated heterocycles. The van der Waals surface area contributed by atoms with Crippen molar-refractivity contribution in [2.45, 2.75) is 13.3 Å². The first-order valence-electron chi connectivity index (χ1n) is 5.12. The van der Waals surface area contributed by atoms with Crippen LogP contribution >= 0.6 is 0 Å². The first-order valence-corrected chi connectivity index (χ1v) is 5.12. The Morgan fingerprint density at radius 3 is 2.72 bits per heavy atom. The molecule has 0 aliphatic heterocycles. The molecule has 0 spiro atoms. The second-order valence-corrected chi connectivity index (χ2v) is 3.35. The summed E-state index contributed by atoms with van der Waals surface area (Å²) in [7, 11) is 1.26. The van der Waals surface area contributed by atoms with E-state index in [1.54, 1.807) is 6.92 Å². The molecule has 1 rings (SSSR count). The summed E-state index contributed by atoms with van der Waals surface area (Å²) < 4.78 is 4.79. The Bertz CT molecular complexity index is 510. The van der Waals surface area contributed by atoms with E-state index in [0.717, 1.165) is 0 Å². The maximum Gasteiger partial charge on any atom is 0.331 e. The van der Waals surface area contributed by atoms with Crippen molar-refractivity contribution in [3.8, 4) is 5.88 Å². The van der Waals surface area contributed by atoms with Crippen molar-refractivity contribution >= 4 is 17.7 Å². The molecule has 18 heavy (non-hydrogen) atoms. The van der Waals surface area contributed by atoms with Crippen LogP contribution in [0.3, 0.4) is 0 Å². The van der Waals surface area contributed by atoms with E-state index in [1.165, 1.54) is 25.3 Å². The molecule has 0 fully saturated rings. The maximum atomic E-state index is 10.8. The molecule has 7 nitrogen and oxygen atoms in total. The van der Waals surface area contributed by atoms with Gasteiger partial charge in [-0.1, -0.05) is 6.92 Å². The molecule has 1 N–H and O–H groups in total. The van der Waals surface area contributed by atoms with Gasteiger partial charge in [-0.25, -0.2) is 9.78 Å². The van der Waals surface area contributed by atoms with Gasteiger partial charge in [0.15, 0.2) is 0 Å². The maximum absolute atomic E-state index is 10.8. The molecule has 0 radical (unpaired) electrons. The van der Waals surface area contributed by atoms with Crippen molar-refractivity contribution in [1.82, 2.24) is 4.98 Å². The second kappa shape index (κ2) is 5.76. The smallest absolute Gasteiger partial charge is 0.331 e. The van der Waals surface area contributed by atoms with Crippen LogP contribution in [0.2, 0.25) is 0 Å². The highest BCUT2D eigenvalue weighted by molar-refractivity contribution is 5.91. The lowest BCUT2D eigenvalue weighted by Crippen LogP contribution is -2.01. The molecule has 0 aliphatic rings. The highest BCUT2D eigenvalue weighted by atomic mass is 16.6. The Labute approximate surface area is 103 Å². The van der Waals surface area contributed by atoms with Gasteiger partial charge in [0, 0.05) is 11.6 Å². The summed E-state index contributed by atoms with van der Waals surface area (Å²) in [6.07, 6.45) is 1.69. The van der Waals surface area contributed by atoms with Crippen LogP contribution in [0.4, 0.5) is 5.69 Å². The largest absolute Gasteiger partial charge is 0.478 e. The van der Waals surface area contributed by atoms with E-state index >= 15 is 0 Å². The molecule has 96 valence electrons. The quantitative estimate of drug-likeness (QED) is 0.487. The molecule has 0 aromatic carbocycles. The molecular weight excluding hydrogens is 240 g/mol. The van der Waals surface area contributed by atoms with Gasteiger partial charge in [-0.15, -0.1) is 0 Å². The van der Waals surface area contributed by atoms with Crippen LogP contribution in [0.5, 0.6) is 5.88 Å². The number of nitro groups is 1. The number of methoxy groups -OCH3 is 1. The third kappa shape index (κ3) is 3.03. The highest BCUT2D eigenvalue weighted by Gasteiger charge is 2.16. The van der Waals surface area contributed by atoms with Crippen molar-refractivity contribution in [3.63, 3.8) is 0 Å². The molecule has 1 aromatic rings. The monoisotopic (exact) mass is 252 g/mol. The second-order valence-electron chi connectivity index (χ2n) is 3.35. The van der Waals surface area contributed by atoms with Crippen LogP contribution < -0.4 is 4.74 Å². The first-order chi connectivity index (χ1) is 8.49. The Kier molecular flexibility index (Phi) is 4.36. The number of nitrogens with zero attached hydrogens (tertiary/aromatic N) is 2. The van der Waals surface area contributed by atoms with Crippen LogP contribution in [0.1, 0.15) is 19.0 Å². The first kappa shape index (κ1) is 13.6. The number of carbonyl (C=O) groups is 1. The fourth-order valence-electron chi connectivity index (χ4n) is 1.31. The van der Waals surface area contributed by atoms with Gasteiger partial charge < -0.3 is 9.84 Å². The van der Waals surface area contributed by atoms with Crippen LogP contribution in [-0.2, 0) is 4.79 Å². The summed E-state index contributed by atoms with van der Waals surface area (Å²) >= 11 is 0. The summed E-state index contributed by atoms with van der Waals surface area (Å²) in [5.74, 6) is -1.19. The molecular formula is C11H12N2O5. The van der Waals surface area contributed by atoms with E-state index in [-0.39, 0.29) is 17.1 Å². The molecule has 0 aliphatic carbocycles. The van der Waals surface area contributed by atoms with Gasteiger partial charge in [-0.2, -0.15) is 0 Å². The zero-order valence-corrected chi connectivity index (χ0v) is 9.91. The lowest BCUT2D eigenvalue weighted by molar-refractivity contribution is -0.386. The van der Waals surface area contributed by atoms with Crippen LogP contribution in [0.25, 0.3) is 6.08 Å². The predicted octanol–water partition coefficient (Wildman–Crippen LogP) is 1.88. The van der Waals surface area contributed by atoms with Gasteiger partial charge in [-0.3, -0.25) is 10.1 Å². The lowest BCUT2D eigenvalue weighted by atomic mass is 10.1. The third-order valence-electron chi connectivity index (χ3n) is 2.23. The SMILES string of the molecule is CCC(=Cc1ccc([N+](=O)[O-])c(OC)n1)C(=O)O. The molecule has 0 atom stereocenters. The average Bonchev–Trinajstić information content (AvgIpc) is 2.34. The van der Waals surface area contributed by atoms with E-state index in [1.807, 2.05) is 0 Å². The lowest BCUT2D eigenvalue weighted by Gasteiger charge is -2.02. The molecule has 1 heterocycles. The molecule has 1 aromatic heterocycles. The minimum Gasteiger partial charge on any atom is -0.478 e. The van der Waals surface area contributed by atoms with Gasteiger partial charge in [0.05, 0.1) is 17.7 Å². The summed E-state index contributed by atoms with van der Waals surface area (Å²) in [6.45, 7) is 1.70. The topological polar surface area (TPSA) is 103 Å². The highest BCUT2D eigenvalue weighted by Crippen LogP contribution is 2.24. The number of carboxylic acids is 1. The minimum atomic E-state index is -1.04. The Morgan fingerprint density at radius 2 is 2.28 bits per heavy atom. The fourth-order valence-corrected chi connectivity index (χ4v) is 1.31. The van der Waals surface area contributed by atoms with Crippen molar-refractivity contribution in [2.24, 2.45) is 0 Å². The predicted molar refractivity (Wildman–Crippen MR) is 63.3 cm³/mol. The van der Waals surface area contributed by atoms with Crippen LogP contribution in [0, 0.1) is 10.1 Å². The number of carboxylic acid groups (broad SMARTS) is 1. The van der Waals surface area contributed by atoms with E-state index in [0.29, 0.717) is 12.1 Å². The van der Waals surface area contributed by atoms with Gasteiger partial charge in [0.1, 0.15) is 0 Å². The Hall–Kier alpha value is -2.44. The van der Waals surface area contributed by atoms with Crippen molar-refractivity contribution in [3.05, 3.63) is 33.5 Å². The van der Waals surface area contributed by atoms with E-state index < -0.39 is 10.9 Å². The van der Waals surface area contributed by atoms with Crippen LogP contribution in [0.15, 0.2) is 17.7 Å². The van der Waals surface area contributed by atoms with Crippen molar-refractivity contribution in [1.29, 1.82) is 0 Å². The number of hydrogen-bond donors (Lipinski definition) is 1. The summed E-state index contributed by atoms with van der Waals surface area (Å²) in [5, 5.41) is 19.5. The number of aliphatic carboxylic acids is 1. The molecule has 7 heteroatoms. The van der Waals surface area contributed by atoms with Crippen molar-refractivity contribution < 1.29 is 19.6 Å². The third-order valence-corrected chi connectivity index (χ3v) is 2.23. The number of aromatic nitrogens is 1. The van der Waals surface area contributed by atoms with E-state index in [4.69, 9.17) is 9.84 Å². The van der Waals surface area contributed by atoms with Crippen LogP contribution in [-0.4, -0.2) is 28.1 Å². The normalized spacial score (nSPS) is 11.1. The zero-order chi connectivity index (χ0) is 13.7. The van der Waals surface area contributed by atoms with Gasteiger partial charge in [-0.05, 0) is 18.6 Å². The summed E-state index contributed by atoms with van der Waals surface area (Å²) in [4.78, 5) is 24.7. The Morgan fingerprint density at radius 1 is 1.61 bits per heavy atom. The molecule has 0 bridgehead atoms. The average molecular weight is 252 g/mol. The molecule has 0 saturated carbocycles. The standard InChI is InChI=1S/C11H12N2O5/c1-3-7(11(14)15)6-8-4-5-9(13(16)17)10(12-8)18-2/h4-6H,3H2,1-2H3,(H,14,15). The summed E-state index contributed by atoms with van der Waals surface area (Å²) in [6, 6.07) is 2.60. The number of hydrogen-bond acceptors (Lipinski definition) is 5. The van der Waals surface area contributed by atoms with E-state index in [2.05, 4.69) is 4.98 Å². The molecule has 0 unspecified atom stereocenters. The van der Waals surface area contributed by atoms with Gasteiger partial charge >= 0.3 is 11.7 Å². The summed E-state index contributed by atoms with van der Waals surface area (Å²) in [5.41, 5.74) is 0.207. The van der Waals surface area contributed by atoms with Crippen molar-refractivity contribution in [2.75, 3.05) is 7.11 Å². The Balaban J connectivity index is 3.21. The van der Waals surface area contributed by atoms with E-state index in [9.17, 15) is 14.9 Å². The number of rotatable bonds is 5. The van der Waals surface area contributed by atoms with Gasteiger partial charge in [0.25, 0.3) is 5.88 Å².